The molecule has 9 heteroatoms. The second-order valence-corrected chi connectivity index (χ2v) is 11.8. The van der Waals surface area contributed by atoms with Crippen LogP contribution in [0.25, 0.3) is 0 Å². The number of nitrogen functional groups attached to an aromatic ring is 2. The van der Waals surface area contributed by atoms with Gasteiger partial charge in [0.15, 0.2) is 0 Å². The van der Waals surface area contributed by atoms with Crippen LogP contribution in [0.15, 0.2) is 36.4 Å². The monoisotopic (exact) mass is 476 g/mol. The zero-order chi connectivity index (χ0) is 15.6. The molecule has 0 aliphatic rings. The maximum absolute atomic E-state index is 10.8. The van der Waals surface area contributed by atoms with Gasteiger partial charge in [0.2, 0.25) is 0 Å². The van der Waals surface area contributed by atoms with Crippen LogP contribution in [-0.2, 0) is 24.6 Å². The van der Waals surface area contributed by atoms with E-state index in [1.165, 1.54) is 36.4 Å². The van der Waals surface area contributed by atoms with Crippen LogP contribution in [0.5, 0.6) is 0 Å². The summed E-state index contributed by atoms with van der Waals surface area (Å²) in [5, 5.41) is 21.6. The van der Waals surface area contributed by atoms with Crippen LogP contribution in [0.2, 0.25) is 0 Å². The Bertz CT molecular complexity index is 674. The van der Waals surface area contributed by atoms with Gasteiger partial charge in [-0.3, -0.25) is 0 Å². The van der Waals surface area contributed by atoms with Crippen LogP contribution in [0.4, 0.5) is 22.7 Å². The van der Waals surface area contributed by atoms with E-state index in [4.69, 9.17) is 11.5 Å². The van der Waals surface area contributed by atoms with Gasteiger partial charge in [-0.05, 0) is 0 Å². The zero-order valence-corrected chi connectivity index (χ0v) is 16.4. The van der Waals surface area contributed by atoms with Crippen LogP contribution >= 0.6 is 0 Å². The Morgan fingerprint density at radius 3 is 1.52 bits per heavy atom. The van der Waals surface area contributed by atoms with Gasteiger partial charge in [-0.2, -0.15) is 0 Å². The first-order valence-corrected chi connectivity index (χ1v) is 11.4. The molecule has 104 valence electrons. The molecule has 8 nitrogen and oxygen atoms in total. The Balaban J connectivity index is 2.42. The van der Waals surface area contributed by atoms with Crippen molar-refractivity contribution in [2.24, 2.45) is 0 Å². The normalized spacial score (nSPS) is 9.90. The summed E-state index contributed by atoms with van der Waals surface area (Å²) in [7, 11) is 0. The molecule has 2 aromatic carbocycles. The van der Waals surface area contributed by atoms with Gasteiger partial charge in [0.05, 0.1) is 0 Å². The Morgan fingerprint density at radius 1 is 0.810 bits per heavy atom. The fourth-order valence-corrected chi connectivity index (χ4v) is 8.44. The van der Waals surface area contributed by atoms with Crippen LogP contribution in [0.1, 0.15) is 0 Å². The average molecular weight is 475 g/mol. The van der Waals surface area contributed by atoms with E-state index in [1.54, 1.807) is 0 Å². The standard InChI is InChI=1S/2C6H5N2O2.Hg/c2*7-5-1-3-6(4-2-5)8(9)10;/h2*1,3-4H,7H2;. The zero-order valence-electron chi connectivity index (χ0n) is 10.9. The van der Waals surface area contributed by atoms with Crippen LogP contribution in [-0.4, -0.2) is 9.85 Å². The molecule has 0 bridgehead atoms. The molecule has 0 radical (unpaired) electrons. The van der Waals surface area contributed by atoms with Crippen LogP contribution in [0, 0.1) is 20.2 Å². The van der Waals surface area contributed by atoms with Gasteiger partial charge in [-0.1, -0.05) is 0 Å². The van der Waals surface area contributed by atoms with Crippen molar-refractivity contribution in [1.29, 1.82) is 0 Å². The summed E-state index contributed by atoms with van der Waals surface area (Å²) in [5.41, 5.74) is 12.5. The third-order valence-corrected chi connectivity index (χ3v) is 10.8. The van der Waals surface area contributed by atoms with E-state index >= 15 is 0 Å². The van der Waals surface area contributed by atoms with Crippen molar-refractivity contribution in [1.82, 2.24) is 0 Å². The summed E-state index contributed by atoms with van der Waals surface area (Å²) in [5.74, 6) is 0. The summed E-state index contributed by atoms with van der Waals surface area (Å²) >= 11 is -2.12. The molecule has 0 unspecified atom stereocenters. The number of benzene rings is 2. The van der Waals surface area contributed by atoms with E-state index in [2.05, 4.69) is 0 Å². The quantitative estimate of drug-likeness (QED) is 0.289. The summed E-state index contributed by atoms with van der Waals surface area (Å²) in [6.07, 6.45) is 0. The number of non-ortho nitro benzene ring substituents is 2. The molecule has 0 atom stereocenters. The van der Waals surface area contributed by atoms with Gasteiger partial charge >= 0.3 is 131 Å². The third-order valence-electron chi connectivity index (χ3n) is 3.06. The van der Waals surface area contributed by atoms with E-state index in [1.807, 2.05) is 0 Å². The molecule has 2 rings (SSSR count). The van der Waals surface area contributed by atoms with Crippen molar-refractivity contribution in [2.75, 3.05) is 11.5 Å². The van der Waals surface area contributed by atoms with Gasteiger partial charge in [0, 0.05) is 0 Å². The predicted octanol–water partition coefficient (Wildman–Crippen LogP) is 0.701. The van der Waals surface area contributed by atoms with Crippen LogP contribution in [0.3, 0.4) is 0 Å². The topological polar surface area (TPSA) is 138 Å². The van der Waals surface area contributed by atoms with E-state index in [9.17, 15) is 20.2 Å². The fourth-order valence-electron chi connectivity index (χ4n) is 1.92. The first-order valence-electron chi connectivity index (χ1n) is 5.94. The molecule has 21 heavy (non-hydrogen) atoms. The Morgan fingerprint density at radius 2 is 1.19 bits per heavy atom. The molecule has 0 aliphatic carbocycles. The number of hydrogen-bond donors (Lipinski definition) is 2. The molecule has 0 amide bonds. The second-order valence-electron chi connectivity index (χ2n) is 4.46. The van der Waals surface area contributed by atoms with Crippen molar-refractivity contribution in [3.8, 4) is 0 Å². The van der Waals surface area contributed by atoms with Gasteiger partial charge < -0.3 is 0 Å². The van der Waals surface area contributed by atoms with E-state index < -0.39 is 34.4 Å². The first kappa shape index (κ1) is 15.2. The number of nitro benzene ring substituents is 2. The van der Waals surface area contributed by atoms with Crippen molar-refractivity contribution in [3.05, 3.63) is 56.6 Å². The molecule has 0 saturated heterocycles. The van der Waals surface area contributed by atoms with Gasteiger partial charge in [0.1, 0.15) is 0 Å². The molecule has 0 heterocycles. The molecule has 0 spiro atoms. The van der Waals surface area contributed by atoms with Gasteiger partial charge in [-0.25, -0.2) is 0 Å². The van der Waals surface area contributed by atoms with Crippen molar-refractivity contribution in [2.45, 2.75) is 0 Å². The minimum atomic E-state index is -2.12. The van der Waals surface area contributed by atoms with Crippen LogP contribution < -0.4 is 17.6 Å². The Kier molecular flexibility index (Phi) is 4.36. The Hall–Kier alpha value is -2.22. The number of rotatable bonds is 4. The van der Waals surface area contributed by atoms with E-state index in [0.717, 1.165) is 6.14 Å². The summed E-state index contributed by atoms with van der Waals surface area (Å²) in [6, 6.07) is 8.53. The molecule has 4 N–H and O–H groups in total. The Labute approximate surface area is 131 Å². The third kappa shape index (κ3) is 3.46. The fraction of sp³-hybridized carbons (Fsp3) is 0. The summed E-state index contributed by atoms with van der Waals surface area (Å²) < 4.78 is 1.44. The predicted molar refractivity (Wildman–Crippen MR) is 74.3 cm³/mol. The summed E-state index contributed by atoms with van der Waals surface area (Å²) in [4.78, 5) is 20.6. The molecule has 2 aromatic rings. The molecule has 0 aliphatic heterocycles. The number of nitrogens with zero attached hydrogens (tertiary/aromatic N) is 2. The maximum atomic E-state index is 10.8. The number of anilines is 2. The minimum absolute atomic E-state index is 0.0387. The summed E-state index contributed by atoms with van der Waals surface area (Å²) in [6.45, 7) is 0. The number of nitrogens with two attached hydrogens (primary N) is 2. The van der Waals surface area contributed by atoms with E-state index in [-0.39, 0.29) is 11.4 Å². The second kappa shape index (κ2) is 6.04. The number of nitro groups is 2. The van der Waals surface area contributed by atoms with Crippen molar-refractivity contribution >= 4 is 28.9 Å². The van der Waals surface area contributed by atoms with Gasteiger partial charge in [0.25, 0.3) is 0 Å². The van der Waals surface area contributed by atoms with Crippen molar-refractivity contribution < 1.29 is 34.4 Å². The van der Waals surface area contributed by atoms with E-state index in [0.29, 0.717) is 11.4 Å². The average Bonchev–Trinajstić information content (AvgIpc) is 2.43. The SMILES string of the molecule is Nc1ccc([N+](=O)[O-])c[c]1[Hg][c]1cc([N+](=O)[O-])ccc1N. The van der Waals surface area contributed by atoms with Crippen molar-refractivity contribution in [3.63, 3.8) is 0 Å². The first-order chi connectivity index (χ1) is 9.88. The molecule has 0 aromatic heterocycles. The molecule has 0 fully saturated rings. The molecular formula is C12H10HgN4O4. The number of hydrogen-bond acceptors (Lipinski definition) is 6. The van der Waals surface area contributed by atoms with Gasteiger partial charge in [-0.15, -0.1) is 0 Å². The molecular weight excluding hydrogens is 465 g/mol. The molecule has 0 saturated carbocycles.